The van der Waals surface area contributed by atoms with Gasteiger partial charge in [-0.2, -0.15) is 0 Å². The van der Waals surface area contributed by atoms with Gasteiger partial charge in [-0.15, -0.1) is 35.0 Å². The van der Waals surface area contributed by atoms with E-state index in [0.29, 0.717) is 0 Å². The predicted octanol–water partition coefficient (Wildman–Crippen LogP) is 22.2. The molecule has 0 aromatic heterocycles. The Bertz CT molecular complexity index is 5280. The molecule has 15 aromatic rings. The van der Waals surface area contributed by atoms with Gasteiger partial charge in [-0.1, -0.05) is 247 Å². The maximum Gasteiger partial charge on any atom is 0.169 e. The molecular formula is C88H72O7Y-2. The monoisotopic (exact) mass is 1330 g/mol. The Hall–Kier alpha value is -10.6. The second kappa shape index (κ2) is 32.5. The number of Topliss-reactive ketones (excluding diaryl/α,β-unsaturated/α-hetero) is 5. The number of hydrogen-bond donors (Lipinski definition) is 0. The molecular weight excluding hydrogens is 1260 g/mol. The number of hydrogen-bond acceptors (Lipinski definition) is 7. The topological polar surface area (TPSA) is 104 Å². The summed E-state index contributed by atoms with van der Waals surface area (Å²) >= 11 is 0. The van der Waals surface area contributed by atoms with Crippen LogP contribution < -0.4 is 9.47 Å². The molecule has 0 heterocycles. The molecule has 0 saturated heterocycles. The third-order valence-electron chi connectivity index (χ3n) is 16.6. The Kier molecular flexibility index (Phi) is 23.6. The van der Waals surface area contributed by atoms with E-state index in [1.54, 1.807) is 27.7 Å². The summed E-state index contributed by atoms with van der Waals surface area (Å²) in [7, 11) is 0. The van der Waals surface area contributed by atoms with E-state index in [2.05, 4.69) is 133 Å². The molecule has 471 valence electrons. The van der Waals surface area contributed by atoms with Crippen molar-refractivity contribution < 1.29 is 66.2 Å². The van der Waals surface area contributed by atoms with Gasteiger partial charge in [-0.25, -0.2) is 0 Å². The minimum Gasteiger partial charge on any atom is -0.486 e. The van der Waals surface area contributed by atoms with Crippen molar-refractivity contribution in [3.05, 3.63) is 321 Å². The van der Waals surface area contributed by atoms with Crippen LogP contribution in [0.3, 0.4) is 0 Å². The van der Waals surface area contributed by atoms with Crippen LogP contribution >= 0.6 is 0 Å². The van der Waals surface area contributed by atoms with Gasteiger partial charge in [-0.3, -0.25) is 24.0 Å². The second-order valence-electron chi connectivity index (χ2n) is 23.2. The van der Waals surface area contributed by atoms with Gasteiger partial charge in [0.25, 0.3) is 0 Å². The Labute approximate surface area is 586 Å². The molecule has 0 amide bonds. The van der Waals surface area contributed by atoms with Gasteiger partial charge >= 0.3 is 0 Å². The van der Waals surface area contributed by atoms with E-state index in [1.165, 1.54) is 68.1 Å². The molecule has 7 nitrogen and oxygen atoms in total. The molecule has 8 heteroatoms. The quantitative estimate of drug-likeness (QED) is 0.0722. The summed E-state index contributed by atoms with van der Waals surface area (Å²) < 4.78 is 10.8. The van der Waals surface area contributed by atoms with Gasteiger partial charge in [0.1, 0.15) is 18.1 Å². The van der Waals surface area contributed by atoms with E-state index < -0.39 is 6.10 Å². The van der Waals surface area contributed by atoms with Crippen molar-refractivity contribution in [1.29, 1.82) is 0 Å². The van der Waals surface area contributed by atoms with Crippen LogP contribution in [0.4, 0.5) is 0 Å². The second-order valence-corrected chi connectivity index (χ2v) is 23.2. The largest absolute Gasteiger partial charge is 0.486 e. The molecule has 96 heavy (non-hydrogen) atoms. The first kappa shape index (κ1) is 69.8. The van der Waals surface area contributed by atoms with Crippen molar-refractivity contribution in [3.63, 3.8) is 0 Å². The molecule has 1 atom stereocenters. The van der Waals surface area contributed by atoms with Crippen LogP contribution in [0.1, 0.15) is 72.6 Å². The number of fused-ring (bicyclic) bond motifs is 13. The Morgan fingerprint density at radius 1 is 0.354 bits per heavy atom. The fraction of sp³-hybridized carbons (Fsp3) is 0.0909. The van der Waals surface area contributed by atoms with E-state index in [-0.39, 0.29) is 75.7 Å². The number of ether oxygens (including phenoxy) is 2. The average molecular weight is 1330 g/mol. The van der Waals surface area contributed by atoms with E-state index in [4.69, 9.17) is 9.47 Å². The van der Waals surface area contributed by atoms with Crippen molar-refractivity contribution >= 4 is 115 Å². The Balaban J connectivity index is 0.000000141. The average Bonchev–Trinajstić information content (AvgIpc) is 0.762. The molecule has 0 saturated carbocycles. The van der Waals surface area contributed by atoms with Crippen LogP contribution in [0.5, 0.6) is 11.5 Å². The van der Waals surface area contributed by atoms with Gasteiger partial charge in [0.15, 0.2) is 35.0 Å². The Morgan fingerprint density at radius 2 is 0.781 bits per heavy atom. The van der Waals surface area contributed by atoms with Gasteiger partial charge in [0.2, 0.25) is 0 Å². The van der Waals surface area contributed by atoms with Crippen molar-refractivity contribution in [2.45, 2.75) is 47.6 Å². The van der Waals surface area contributed by atoms with Crippen molar-refractivity contribution in [2.24, 2.45) is 0 Å². The number of rotatable bonds is 11. The maximum atomic E-state index is 12.0. The molecule has 0 spiro atoms. The molecule has 0 N–H and O–H groups in total. The van der Waals surface area contributed by atoms with Gasteiger partial charge in [0.05, 0.1) is 0 Å². The van der Waals surface area contributed by atoms with E-state index >= 15 is 0 Å². The fourth-order valence-corrected chi connectivity index (χ4v) is 11.6. The smallest absolute Gasteiger partial charge is 0.169 e. The molecule has 15 aromatic carbocycles. The summed E-state index contributed by atoms with van der Waals surface area (Å²) in [4.78, 5) is 56.8. The first-order valence-electron chi connectivity index (χ1n) is 31.3. The SMILES string of the molecule is CC(=O)C(C)Oc1ccc(-c2ccccc2)cc1.CC(=O)COc1ccc(-c2ccccc2)cc1.CC(=O)c1cc2ccc3ccccc3c2c2ccccc12.CC(=O)c1ccc2c(ccc3ccc4ccccc4c32)c1.CC(=O)c1ccc2c[c-]c3ccccc3c2c1.[CH3-].[Y]. The normalized spacial score (nSPS) is 10.9. The van der Waals surface area contributed by atoms with Crippen LogP contribution in [0.15, 0.2) is 291 Å². The van der Waals surface area contributed by atoms with Crippen molar-refractivity contribution in [1.82, 2.24) is 0 Å². The van der Waals surface area contributed by atoms with E-state index in [0.717, 1.165) is 82.4 Å². The van der Waals surface area contributed by atoms with E-state index in [9.17, 15) is 24.0 Å². The number of benzene rings is 15. The molecule has 1 unspecified atom stereocenters. The minimum absolute atomic E-state index is 0. The third kappa shape index (κ3) is 16.7. The third-order valence-corrected chi connectivity index (χ3v) is 16.6. The molecule has 15 rings (SSSR count). The van der Waals surface area contributed by atoms with E-state index in [1.807, 2.05) is 164 Å². The molecule has 0 aliphatic heterocycles. The van der Waals surface area contributed by atoms with Crippen LogP contribution in [-0.4, -0.2) is 41.6 Å². The summed E-state index contributed by atoms with van der Waals surface area (Å²) in [6.07, 6.45) is -0.396. The number of carbonyl (C=O) groups excluding carboxylic acids is 5. The molecule has 0 bridgehead atoms. The zero-order valence-electron chi connectivity index (χ0n) is 54.9. The zero-order chi connectivity index (χ0) is 65.7. The minimum atomic E-state index is -0.396. The van der Waals surface area contributed by atoms with Crippen LogP contribution in [-0.2, 0) is 42.3 Å². The van der Waals surface area contributed by atoms with Crippen molar-refractivity contribution in [3.8, 4) is 33.8 Å². The Morgan fingerprint density at radius 3 is 1.33 bits per heavy atom. The van der Waals surface area contributed by atoms with Crippen molar-refractivity contribution in [2.75, 3.05) is 6.61 Å². The standard InChI is InChI=1S/2C20H14O.C16H16O2.C16H11O.C15H14O2.CH3.Y/c1-13(21)19-12-15-11-10-14-6-2-3-7-16(14)20(15)18-9-5-4-8-17(18)19;1-13(21)16-10-11-19-17(12-16)9-8-15-7-6-14-4-2-3-5-18(14)20(15)19;1-12(17)13(2)18-16-10-8-15(9-11-16)14-6-4-3-5-7-14;1-11(17)14-9-8-13-7-6-12-4-2-3-5-15(12)16(13)10-14;1-12(16)11-17-15-9-7-14(8-10-15)13-5-3-2-4-6-13;;/h2*2-12H,1H3;3-11,13H,1-2H3;2-5,7-10H,1H3;2-10H,11H2,1H3;1H3;/q;;;-1;;-1;. The van der Waals surface area contributed by atoms with Gasteiger partial charge in [-0.05, 0) is 165 Å². The molecule has 0 fully saturated rings. The first-order valence-corrected chi connectivity index (χ1v) is 31.3. The number of ketones is 5. The fourth-order valence-electron chi connectivity index (χ4n) is 11.6. The van der Waals surface area contributed by atoms with Crippen LogP contribution in [0, 0.1) is 13.5 Å². The summed E-state index contributed by atoms with van der Waals surface area (Å²) in [5.41, 5.74) is 6.94. The molecule has 0 aliphatic carbocycles. The van der Waals surface area contributed by atoms with Crippen LogP contribution in [0.2, 0.25) is 0 Å². The maximum absolute atomic E-state index is 12.0. The summed E-state index contributed by atoms with van der Waals surface area (Å²) in [6.45, 7) is 9.77. The summed E-state index contributed by atoms with van der Waals surface area (Å²) in [5.74, 6) is 1.82. The summed E-state index contributed by atoms with van der Waals surface area (Å²) in [6, 6.07) is 101. The van der Waals surface area contributed by atoms with Gasteiger partial charge < -0.3 is 16.9 Å². The predicted molar refractivity (Wildman–Crippen MR) is 395 cm³/mol. The zero-order valence-corrected chi connectivity index (χ0v) is 57.8. The molecule has 0 aliphatic rings. The number of carbonyl (C=O) groups is 5. The first-order chi connectivity index (χ1) is 45.7. The van der Waals surface area contributed by atoms with Gasteiger partial charge in [0, 0.05) is 49.4 Å². The van der Waals surface area contributed by atoms with Crippen LogP contribution in [0.25, 0.3) is 108 Å². The molecule has 1 radical (unpaired) electrons. The summed E-state index contributed by atoms with van der Waals surface area (Å²) in [5, 5.41) is 18.8.